The highest BCUT2D eigenvalue weighted by atomic mass is 16.5. The molecule has 2 aliphatic rings. The van der Waals surface area contributed by atoms with Gasteiger partial charge in [-0.2, -0.15) is 0 Å². The van der Waals surface area contributed by atoms with E-state index in [1.54, 1.807) is 6.07 Å². The summed E-state index contributed by atoms with van der Waals surface area (Å²) >= 11 is 0. The number of nitrogens with two attached hydrogens (primary N) is 1. The van der Waals surface area contributed by atoms with Crippen LogP contribution in [0.15, 0.2) is 29.3 Å². The maximum atomic E-state index is 12.1. The van der Waals surface area contributed by atoms with Gasteiger partial charge in [-0.25, -0.2) is 9.79 Å². The maximum absolute atomic E-state index is 12.1. The smallest absolute Gasteiger partial charge is 0.339 e. The van der Waals surface area contributed by atoms with E-state index in [1.165, 1.54) is 52.1 Å². The first-order valence-electron chi connectivity index (χ1n) is 12.0. The van der Waals surface area contributed by atoms with Crippen molar-refractivity contribution in [2.24, 2.45) is 22.6 Å². The van der Waals surface area contributed by atoms with E-state index < -0.39 is 0 Å². The summed E-state index contributed by atoms with van der Waals surface area (Å²) in [5, 5.41) is 6.76. The summed E-state index contributed by atoms with van der Waals surface area (Å²) in [5.41, 5.74) is 7.29. The van der Waals surface area contributed by atoms with Crippen LogP contribution in [0.4, 0.5) is 5.69 Å². The standard InChI is InChI=1S/C25H40N4O2/c1-17(2)27-25(29-23-7-5-4-6-22(23)24(30)31-3)28-21-14-10-19(11-15-21)16-18-8-12-20(26)13-9-18/h4-7,17-21H,8-16,26H2,1-3H3,(H2,27,28,29). The van der Waals surface area contributed by atoms with Crippen molar-refractivity contribution in [1.29, 1.82) is 0 Å². The van der Waals surface area contributed by atoms with Crippen LogP contribution in [0.25, 0.3) is 0 Å². The van der Waals surface area contributed by atoms with Crippen LogP contribution in [0.3, 0.4) is 0 Å². The quantitative estimate of drug-likeness (QED) is 0.347. The minimum Gasteiger partial charge on any atom is -0.465 e. The number of anilines is 1. The van der Waals surface area contributed by atoms with E-state index in [2.05, 4.69) is 24.5 Å². The lowest BCUT2D eigenvalue weighted by Gasteiger charge is -2.32. The highest BCUT2D eigenvalue weighted by Crippen LogP contribution is 2.35. The summed E-state index contributed by atoms with van der Waals surface area (Å²) in [6.07, 6.45) is 11.2. The van der Waals surface area contributed by atoms with Crippen molar-refractivity contribution in [2.45, 2.75) is 89.8 Å². The van der Waals surface area contributed by atoms with Crippen LogP contribution in [-0.4, -0.2) is 37.2 Å². The van der Waals surface area contributed by atoms with Gasteiger partial charge in [-0.1, -0.05) is 12.1 Å². The molecule has 6 heteroatoms. The molecule has 0 aromatic heterocycles. The number of benzene rings is 1. The third kappa shape index (κ3) is 7.23. The zero-order valence-electron chi connectivity index (χ0n) is 19.4. The molecule has 0 spiro atoms. The van der Waals surface area contributed by atoms with E-state index in [9.17, 15) is 4.79 Å². The normalized spacial score (nSPS) is 27.1. The molecule has 0 saturated heterocycles. The Balaban J connectivity index is 1.59. The largest absolute Gasteiger partial charge is 0.465 e. The summed E-state index contributed by atoms with van der Waals surface area (Å²) in [6.45, 7) is 4.19. The molecule has 2 aliphatic carbocycles. The number of para-hydroxylation sites is 1. The number of nitrogens with zero attached hydrogens (tertiary/aromatic N) is 1. The Morgan fingerprint density at radius 3 is 2.29 bits per heavy atom. The first kappa shape index (κ1) is 23.6. The molecule has 0 heterocycles. The van der Waals surface area contributed by atoms with Crippen molar-refractivity contribution in [1.82, 2.24) is 5.32 Å². The third-order valence-electron chi connectivity index (χ3n) is 6.70. The highest BCUT2D eigenvalue weighted by molar-refractivity contribution is 6.02. The number of rotatable bonds is 6. The average Bonchev–Trinajstić information content (AvgIpc) is 2.76. The first-order chi connectivity index (χ1) is 14.9. The molecule has 1 aromatic rings. The van der Waals surface area contributed by atoms with E-state index in [0.717, 1.165) is 30.6 Å². The predicted octanol–water partition coefficient (Wildman–Crippen LogP) is 4.71. The minimum atomic E-state index is -0.351. The van der Waals surface area contributed by atoms with Crippen molar-refractivity contribution in [2.75, 3.05) is 12.4 Å². The molecule has 6 nitrogen and oxygen atoms in total. The molecule has 2 fully saturated rings. The lowest BCUT2D eigenvalue weighted by Crippen LogP contribution is -2.38. The van der Waals surface area contributed by atoms with Crippen LogP contribution in [0.2, 0.25) is 0 Å². The molecular formula is C25H40N4O2. The number of nitrogens with one attached hydrogen (secondary N) is 2. The van der Waals surface area contributed by atoms with Crippen molar-refractivity contribution in [3.8, 4) is 0 Å². The SMILES string of the molecule is COC(=O)c1ccccc1NC(=NC1CCC(CC2CCC(N)CC2)CC1)NC(C)C. The lowest BCUT2D eigenvalue weighted by atomic mass is 9.76. The van der Waals surface area contributed by atoms with Crippen LogP contribution < -0.4 is 16.4 Å². The molecule has 2 saturated carbocycles. The van der Waals surface area contributed by atoms with E-state index in [1.807, 2.05) is 18.2 Å². The number of esters is 1. The number of ether oxygens (including phenoxy) is 1. The molecule has 0 aliphatic heterocycles. The van der Waals surface area contributed by atoms with E-state index >= 15 is 0 Å². The molecule has 31 heavy (non-hydrogen) atoms. The molecule has 4 N–H and O–H groups in total. The number of hydrogen-bond donors (Lipinski definition) is 3. The van der Waals surface area contributed by atoms with Gasteiger partial charge < -0.3 is 21.1 Å². The zero-order chi connectivity index (χ0) is 22.2. The van der Waals surface area contributed by atoms with Crippen LogP contribution >= 0.6 is 0 Å². The Hall–Kier alpha value is -2.08. The molecule has 0 radical (unpaired) electrons. The molecular weight excluding hydrogens is 388 g/mol. The number of aliphatic imine (C=N–C) groups is 1. The van der Waals surface area contributed by atoms with E-state index in [0.29, 0.717) is 23.3 Å². The number of hydrogen-bond acceptors (Lipinski definition) is 4. The van der Waals surface area contributed by atoms with Gasteiger partial charge >= 0.3 is 5.97 Å². The van der Waals surface area contributed by atoms with Gasteiger partial charge in [0, 0.05) is 12.1 Å². The first-order valence-corrected chi connectivity index (χ1v) is 12.0. The van der Waals surface area contributed by atoms with Gasteiger partial charge in [-0.05, 0) is 95.6 Å². The fourth-order valence-corrected chi connectivity index (χ4v) is 4.97. The van der Waals surface area contributed by atoms with Gasteiger partial charge in [-0.3, -0.25) is 0 Å². The van der Waals surface area contributed by atoms with Crippen LogP contribution in [0, 0.1) is 11.8 Å². The molecule has 3 rings (SSSR count). The lowest BCUT2D eigenvalue weighted by molar-refractivity contribution is 0.0602. The predicted molar refractivity (Wildman–Crippen MR) is 127 cm³/mol. The molecule has 0 bridgehead atoms. The second-order valence-corrected chi connectivity index (χ2v) is 9.63. The van der Waals surface area contributed by atoms with Gasteiger partial charge in [0.1, 0.15) is 0 Å². The Morgan fingerprint density at radius 1 is 1.06 bits per heavy atom. The van der Waals surface area contributed by atoms with Gasteiger partial charge in [0.15, 0.2) is 5.96 Å². The summed E-state index contributed by atoms with van der Waals surface area (Å²) in [6, 6.07) is 8.39. The van der Waals surface area contributed by atoms with E-state index in [4.69, 9.17) is 15.5 Å². The number of carbonyl (C=O) groups is 1. The summed E-state index contributed by atoms with van der Waals surface area (Å²) in [5.74, 6) is 2.09. The fraction of sp³-hybridized carbons (Fsp3) is 0.680. The Labute approximate surface area is 187 Å². The van der Waals surface area contributed by atoms with E-state index in [-0.39, 0.29) is 12.0 Å². The number of methoxy groups -OCH3 is 1. The molecule has 172 valence electrons. The van der Waals surface area contributed by atoms with Crippen LogP contribution in [0.1, 0.15) is 82.0 Å². The molecule has 0 unspecified atom stereocenters. The Kier molecular flexibility index (Phi) is 8.76. The van der Waals surface area contributed by atoms with Crippen LogP contribution in [0.5, 0.6) is 0 Å². The number of carbonyl (C=O) groups excluding carboxylic acids is 1. The summed E-state index contributed by atoms with van der Waals surface area (Å²) in [4.78, 5) is 17.1. The van der Waals surface area contributed by atoms with Crippen molar-refractivity contribution in [3.63, 3.8) is 0 Å². The zero-order valence-corrected chi connectivity index (χ0v) is 19.4. The van der Waals surface area contributed by atoms with Gasteiger partial charge in [-0.15, -0.1) is 0 Å². The molecule has 0 amide bonds. The summed E-state index contributed by atoms with van der Waals surface area (Å²) in [7, 11) is 1.40. The van der Waals surface area contributed by atoms with Gasteiger partial charge in [0.05, 0.1) is 24.4 Å². The second-order valence-electron chi connectivity index (χ2n) is 9.63. The van der Waals surface area contributed by atoms with Crippen LogP contribution in [-0.2, 0) is 4.74 Å². The summed E-state index contributed by atoms with van der Waals surface area (Å²) < 4.78 is 4.92. The van der Waals surface area contributed by atoms with Crippen molar-refractivity contribution in [3.05, 3.63) is 29.8 Å². The minimum absolute atomic E-state index is 0.241. The average molecular weight is 429 g/mol. The van der Waals surface area contributed by atoms with Crippen molar-refractivity contribution < 1.29 is 9.53 Å². The number of guanidine groups is 1. The Morgan fingerprint density at radius 2 is 1.68 bits per heavy atom. The second kappa shape index (κ2) is 11.5. The maximum Gasteiger partial charge on any atom is 0.339 e. The Bertz CT molecular complexity index is 733. The molecule has 1 aromatic carbocycles. The van der Waals surface area contributed by atoms with Crippen molar-refractivity contribution >= 4 is 17.6 Å². The van der Waals surface area contributed by atoms with Gasteiger partial charge in [0.25, 0.3) is 0 Å². The topological polar surface area (TPSA) is 88.7 Å². The molecule has 0 atom stereocenters. The van der Waals surface area contributed by atoms with Gasteiger partial charge in [0.2, 0.25) is 0 Å². The highest BCUT2D eigenvalue weighted by Gasteiger charge is 2.26. The fourth-order valence-electron chi connectivity index (χ4n) is 4.97. The monoisotopic (exact) mass is 428 g/mol. The third-order valence-corrected chi connectivity index (χ3v) is 6.70.